The van der Waals surface area contributed by atoms with Crippen molar-refractivity contribution in [1.29, 1.82) is 0 Å². The number of hydrogen-bond donors (Lipinski definition) is 2. The first-order chi connectivity index (χ1) is 9.63. The normalized spacial score (nSPS) is 19.8. The summed E-state index contributed by atoms with van der Waals surface area (Å²) >= 11 is 2.03. The molecule has 4 nitrogen and oxygen atoms in total. The zero-order valence-corrected chi connectivity index (χ0v) is 12.8. The van der Waals surface area contributed by atoms with Gasteiger partial charge in [0.1, 0.15) is 0 Å². The van der Waals surface area contributed by atoms with Crippen molar-refractivity contribution >= 4 is 29.0 Å². The summed E-state index contributed by atoms with van der Waals surface area (Å²) in [5, 5.41) is 3.61. The maximum Gasteiger partial charge on any atom is 0.224 e. The third-order valence-electron chi connectivity index (χ3n) is 3.40. The predicted molar refractivity (Wildman–Crippen MR) is 87.1 cm³/mol. The van der Waals surface area contributed by atoms with Gasteiger partial charge in [0.2, 0.25) is 5.91 Å². The van der Waals surface area contributed by atoms with Gasteiger partial charge < -0.3 is 16.0 Å². The topological polar surface area (TPSA) is 58.4 Å². The summed E-state index contributed by atoms with van der Waals surface area (Å²) < 4.78 is 0. The highest BCUT2D eigenvalue weighted by atomic mass is 32.2. The van der Waals surface area contributed by atoms with Gasteiger partial charge in [-0.25, -0.2) is 0 Å². The van der Waals surface area contributed by atoms with Crippen LogP contribution in [0.3, 0.4) is 0 Å². The molecular weight excluding hydrogens is 270 g/mol. The highest BCUT2D eigenvalue weighted by Crippen LogP contribution is 2.18. The molecule has 1 unspecified atom stereocenters. The summed E-state index contributed by atoms with van der Waals surface area (Å²) in [7, 11) is 0. The molecule has 0 aliphatic carbocycles. The molecule has 0 bridgehead atoms. The minimum Gasteiger partial charge on any atom is -0.399 e. The minimum absolute atomic E-state index is 0.0780. The number of nitrogens with one attached hydrogen (secondary N) is 1. The Morgan fingerprint density at radius 1 is 1.45 bits per heavy atom. The van der Waals surface area contributed by atoms with E-state index in [1.807, 2.05) is 23.9 Å². The van der Waals surface area contributed by atoms with E-state index in [-0.39, 0.29) is 5.91 Å². The van der Waals surface area contributed by atoms with Crippen molar-refractivity contribution in [1.82, 2.24) is 4.90 Å². The number of amides is 1. The van der Waals surface area contributed by atoms with E-state index in [1.54, 1.807) is 12.1 Å². The first-order valence-electron chi connectivity index (χ1n) is 7.13. The lowest BCUT2D eigenvalue weighted by Gasteiger charge is -2.30. The number of carbonyl (C=O) groups is 1. The van der Waals surface area contributed by atoms with Crippen LogP contribution < -0.4 is 11.1 Å². The Bertz CT molecular complexity index is 435. The molecule has 0 aromatic heterocycles. The van der Waals surface area contributed by atoms with E-state index in [0.717, 1.165) is 31.7 Å². The fourth-order valence-electron chi connectivity index (χ4n) is 2.35. The van der Waals surface area contributed by atoms with Crippen LogP contribution in [-0.4, -0.2) is 41.4 Å². The Balaban J connectivity index is 1.66. The Morgan fingerprint density at radius 2 is 2.20 bits per heavy atom. The van der Waals surface area contributed by atoms with Crippen molar-refractivity contribution in [2.45, 2.75) is 25.0 Å². The van der Waals surface area contributed by atoms with Gasteiger partial charge in [-0.2, -0.15) is 11.8 Å². The molecule has 0 saturated carbocycles. The van der Waals surface area contributed by atoms with E-state index in [4.69, 9.17) is 5.73 Å². The lowest BCUT2D eigenvalue weighted by atomic mass is 10.2. The van der Waals surface area contributed by atoms with Crippen LogP contribution in [0.25, 0.3) is 0 Å². The highest BCUT2D eigenvalue weighted by Gasteiger charge is 2.16. The van der Waals surface area contributed by atoms with E-state index in [0.29, 0.717) is 17.4 Å². The Morgan fingerprint density at radius 3 is 2.90 bits per heavy atom. The third kappa shape index (κ3) is 5.06. The van der Waals surface area contributed by atoms with Gasteiger partial charge in [-0.05, 0) is 37.2 Å². The zero-order chi connectivity index (χ0) is 14.4. The second-order valence-electron chi connectivity index (χ2n) is 5.26. The number of nitrogens with zero attached hydrogens (tertiary/aromatic N) is 1. The molecular formula is C15H23N3OS. The quantitative estimate of drug-likeness (QED) is 0.819. The molecule has 1 aromatic rings. The van der Waals surface area contributed by atoms with Gasteiger partial charge in [-0.15, -0.1) is 0 Å². The minimum atomic E-state index is 0.0780. The first kappa shape index (κ1) is 15.2. The number of nitrogens with two attached hydrogens (primary N) is 1. The van der Waals surface area contributed by atoms with Gasteiger partial charge in [0.05, 0.1) is 0 Å². The monoisotopic (exact) mass is 293 g/mol. The van der Waals surface area contributed by atoms with Crippen molar-refractivity contribution in [3.8, 4) is 0 Å². The van der Waals surface area contributed by atoms with Crippen LogP contribution >= 0.6 is 11.8 Å². The van der Waals surface area contributed by atoms with Crippen LogP contribution in [0.5, 0.6) is 0 Å². The molecule has 110 valence electrons. The molecule has 1 atom stereocenters. The standard InChI is InChI=1S/C15H23N3OS/c1-12-11-18(9-10-20-12)8-2-3-15(19)17-14-6-4-13(16)5-7-14/h4-7,12H,2-3,8-11,16H2,1H3,(H,17,19). The summed E-state index contributed by atoms with van der Waals surface area (Å²) in [5.41, 5.74) is 7.13. The van der Waals surface area contributed by atoms with Crippen LogP contribution in [0, 0.1) is 0 Å². The van der Waals surface area contributed by atoms with Crippen molar-refractivity contribution in [2.75, 3.05) is 36.4 Å². The molecule has 1 saturated heterocycles. The average molecular weight is 293 g/mol. The second-order valence-corrected chi connectivity index (χ2v) is 6.80. The second kappa shape index (κ2) is 7.55. The predicted octanol–water partition coefficient (Wildman–Crippen LogP) is 2.42. The Labute approximate surface area is 125 Å². The summed E-state index contributed by atoms with van der Waals surface area (Å²) in [6, 6.07) is 7.25. The molecule has 1 aliphatic rings. The molecule has 1 fully saturated rings. The van der Waals surface area contributed by atoms with Gasteiger partial charge in [0.25, 0.3) is 0 Å². The van der Waals surface area contributed by atoms with Crippen molar-refractivity contribution in [2.24, 2.45) is 0 Å². The molecule has 20 heavy (non-hydrogen) atoms. The van der Waals surface area contributed by atoms with Crippen molar-refractivity contribution in [3.63, 3.8) is 0 Å². The van der Waals surface area contributed by atoms with Crippen molar-refractivity contribution < 1.29 is 4.79 Å². The fourth-order valence-corrected chi connectivity index (χ4v) is 3.43. The van der Waals surface area contributed by atoms with Gasteiger partial charge >= 0.3 is 0 Å². The van der Waals surface area contributed by atoms with E-state index in [2.05, 4.69) is 17.1 Å². The molecule has 5 heteroatoms. The van der Waals surface area contributed by atoms with E-state index in [1.165, 1.54) is 5.75 Å². The molecule has 1 heterocycles. The zero-order valence-electron chi connectivity index (χ0n) is 12.0. The maximum atomic E-state index is 11.8. The smallest absolute Gasteiger partial charge is 0.224 e. The van der Waals surface area contributed by atoms with Gasteiger partial charge in [0, 0.05) is 41.9 Å². The summed E-state index contributed by atoms with van der Waals surface area (Å²) in [4.78, 5) is 14.3. The van der Waals surface area contributed by atoms with Crippen LogP contribution in [0.2, 0.25) is 0 Å². The fraction of sp³-hybridized carbons (Fsp3) is 0.533. The Kier molecular flexibility index (Phi) is 5.73. The number of rotatable bonds is 5. The SMILES string of the molecule is CC1CN(CCCC(=O)Nc2ccc(N)cc2)CCS1. The molecule has 1 aliphatic heterocycles. The molecule has 3 N–H and O–H groups in total. The van der Waals surface area contributed by atoms with Gasteiger partial charge in [-0.1, -0.05) is 6.92 Å². The maximum absolute atomic E-state index is 11.8. The average Bonchev–Trinajstić information content (AvgIpc) is 2.41. The molecule has 0 radical (unpaired) electrons. The summed E-state index contributed by atoms with van der Waals surface area (Å²) in [6.07, 6.45) is 1.49. The number of anilines is 2. The number of nitrogen functional groups attached to an aromatic ring is 1. The lowest BCUT2D eigenvalue weighted by molar-refractivity contribution is -0.116. The molecule has 1 aromatic carbocycles. The van der Waals surface area contributed by atoms with E-state index >= 15 is 0 Å². The van der Waals surface area contributed by atoms with Crippen LogP contribution in [0.1, 0.15) is 19.8 Å². The summed E-state index contributed by atoms with van der Waals surface area (Å²) in [6.45, 7) is 5.57. The van der Waals surface area contributed by atoms with Crippen LogP contribution in [-0.2, 0) is 4.79 Å². The number of thioether (sulfide) groups is 1. The number of carbonyl (C=O) groups excluding carboxylic acids is 1. The van der Waals surface area contributed by atoms with Gasteiger partial charge in [-0.3, -0.25) is 4.79 Å². The lowest BCUT2D eigenvalue weighted by Crippen LogP contribution is -2.37. The Hall–Kier alpha value is -1.20. The number of benzene rings is 1. The number of hydrogen-bond acceptors (Lipinski definition) is 4. The third-order valence-corrected chi connectivity index (χ3v) is 4.53. The largest absolute Gasteiger partial charge is 0.399 e. The first-order valence-corrected chi connectivity index (χ1v) is 8.18. The van der Waals surface area contributed by atoms with Crippen molar-refractivity contribution in [3.05, 3.63) is 24.3 Å². The summed E-state index contributed by atoms with van der Waals surface area (Å²) in [5.74, 6) is 1.29. The highest BCUT2D eigenvalue weighted by molar-refractivity contribution is 7.99. The molecule has 2 rings (SSSR count). The molecule has 0 spiro atoms. The molecule has 1 amide bonds. The van der Waals surface area contributed by atoms with Crippen LogP contribution in [0.15, 0.2) is 24.3 Å². The van der Waals surface area contributed by atoms with E-state index in [9.17, 15) is 4.79 Å². The van der Waals surface area contributed by atoms with Crippen LogP contribution in [0.4, 0.5) is 11.4 Å². The van der Waals surface area contributed by atoms with E-state index < -0.39 is 0 Å². The van der Waals surface area contributed by atoms with Gasteiger partial charge in [0.15, 0.2) is 0 Å².